The highest BCUT2D eigenvalue weighted by Crippen LogP contribution is 2.09. The Morgan fingerprint density at radius 1 is 1.21 bits per heavy atom. The molecule has 1 aromatic rings. The number of hydrogen-bond acceptors (Lipinski definition) is 3. The molecule has 0 radical (unpaired) electrons. The van der Waals surface area contributed by atoms with E-state index in [0.717, 1.165) is 23.8 Å². The van der Waals surface area contributed by atoms with Crippen molar-refractivity contribution in [2.75, 3.05) is 13.1 Å². The molecule has 0 saturated carbocycles. The van der Waals surface area contributed by atoms with E-state index >= 15 is 0 Å². The van der Waals surface area contributed by atoms with Gasteiger partial charge in [-0.15, -0.1) is 0 Å². The number of carboxylic acids is 1. The fraction of sp³-hybridized carbons (Fsp3) is 0.462. The molecule has 0 spiro atoms. The van der Waals surface area contributed by atoms with Crippen molar-refractivity contribution < 1.29 is 14.7 Å². The van der Waals surface area contributed by atoms with Crippen molar-refractivity contribution in [1.82, 2.24) is 9.47 Å². The van der Waals surface area contributed by atoms with Gasteiger partial charge in [0.2, 0.25) is 5.91 Å². The van der Waals surface area contributed by atoms with E-state index in [1.54, 1.807) is 4.90 Å². The summed E-state index contributed by atoms with van der Waals surface area (Å²) < 4.78 is 1.15. The van der Waals surface area contributed by atoms with Crippen LogP contribution in [-0.2, 0) is 11.3 Å². The minimum Gasteiger partial charge on any atom is -0.477 e. The Balaban J connectivity index is 2.15. The van der Waals surface area contributed by atoms with Crippen LogP contribution in [0.3, 0.4) is 0 Å². The molecule has 1 aliphatic heterocycles. The fourth-order valence-corrected chi connectivity index (χ4v) is 2.21. The Labute approximate surface area is 110 Å². The van der Waals surface area contributed by atoms with Crippen LogP contribution in [-0.4, -0.2) is 39.5 Å². The predicted octanol–water partition coefficient (Wildman–Crippen LogP) is 0.559. The van der Waals surface area contributed by atoms with Gasteiger partial charge in [-0.05, 0) is 31.4 Å². The second-order valence-electron chi connectivity index (χ2n) is 4.60. The number of likely N-dealkylation sites (tertiary alicyclic amines) is 1. The second kappa shape index (κ2) is 5.69. The van der Waals surface area contributed by atoms with Crippen molar-refractivity contribution in [3.8, 4) is 0 Å². The molecule has 0 unspecified atom stereocenters. The normalized spacial score (nSPS) is 15.3. The minimum atomic E-state index is -1.27. The summed E-state index contributed by atoms with van der Waals surface area (Å²) in [6, 6.07) is 2.71. The van der Waals surface area contributed by atoms with Crippen molar-refractivity contribution in [3.05, 3.63) is 34.2 Å². The van der Waals surface area contributed by atoms with Gasteiger partial charge in [-0.3, -0.25) is 9.59 Å². The second-order valence-corrected chi connectivity index (χ2v) is 4.60. The van der Waals surface area contributed by atoms with E-state index in [0.29, 0.717) is 13.1 Å². The van der Waals surface area contributed by atoms with Crippen molar-refractivity contribution in [2.24, 2.45) is 0 Å². The number of hydrogen-bond donors (Lipinski definition) is 1. The molecule has 0 atom stereocenters. The van der Waals surface area contributed by atoms with Gasteiger partial charge in [0.1, 0.15) is 12.1 Å². The Hall–Kier alpha value is -2.11. The molecule has 102 valence electrons. The molecule has 2 heterocycles. The lowest BCUT2D eigenvalue weighted by Gasteiger charge is -2.26. The smallest absolute Gasteiger partial charge is 0.341 e. The van der Waals surface area contributed by atoms with Crippen molar-refractivity contribution >= 4 is 11.9 Å². The number of carbonyl (C=O) groups excluding carboxylic acids is 1. The number of piperidine rings is 1. The summed E-state index contributed by atoms with van der Waals surface area (Å²) in [6.07, 6.45) is 4.53. The Bertz CT molecular complexity index is 544. The standard InChI is InChI=1S/C13H16N2O4/c16-11(14-6-2-1-3-7-14)9-15-8-4-5-10(12(15)17)13(18)19/h4-5,8H,1-3,6-7,9H2,(H,18,19). The highest BCUT2D eigenvalue weighted by Gasteiger charge is 2.18. The van der Waals surface area contributed by atoms with Crippen molar-refractivity contribution in [1.29, 1.82) is 0 Å². The summed E-state index contributed by atoms with van der Waals surface area (Å²) in [4.78, 5) is 36.4. The van der Waals surface area contributed by atoms with Crippen LogP contribution in [0.25, 0.3) is 0 Å². The number of amides is 1. The average Bonchev–Trinajstić information content (AvgIpc) is 2.41. The zero-order chi connectivity index (χ0) is 13.8. The van der Waals surface area contributed by atoms with E-state index in [1.165, 1.54) is 18.3 Å². The number of carbonyl (C=O) groups is 2. The molecule has 0 bridgehead atoms. The van der Waals surface area contributed by atoms with Crippen LogP contribution in [0.1, 0.15) is 29.6 Å². The predicted molar refractivity (Wildman–Crippen MR) is 68.1 cm³/mol. The average molecular weight is 264 g/mol. The van der Waals surface area contributed by atoms with Gasteiger partial charge in [-0.2, -0.15) is 0 Å². The molecule has 0 aliphatic carbocycles. The molecule has 1 saturated heterocycles. The lowest BCUT2D eigenvalue weighted by atomic mass is 10.1. The largest absolute Gasteiger partial charge is 0.477 e. The molecular formula is C13H16N2O4. The van der Waals surface area contributed by atoms with Crippen LogP contribution in [0.15, 0.2) is 23.1 Å². The summed E-state index contributed by atoms with van der Waals surface area (Å²) in [5, 5.41) is 8.86. The van der Waals surface area contributed by atoms with Gasteiger partial charge in [0, 0.05) is 19.3 Å². The van der Waals surface area contributed by atoms with Crippen molar-refractivity contribution in [3.63, 3.8) is 0 Å². The molecule has 1 fully saturated rings. The maximum atomic E-state index is 12.0. The summed E-state index contributed by atoms with van der Waals surface area (Å²) in [5.41, 5.74) is -0.950. The maximum absolute atomic E-state index is 12.0. The molecule has 1 aromatic heterocycles. The van der Waals surface area contributed by atoms with Crippen LogP contribution in [0.4, 0.5) is 0 Å². The van der Waals surface area contributed by atoms with Gasteiger partial charge < -0.3 is 14.6 Å². The Kier molecular flexibility index (Phi) is 3.99. The first-order chi connectivity index (χ1) is 9.09. The minimum absolute atomic E-state index is 0.0973. The highest BCUT2D eigenvalue weighted by molar-refractivity contribution is 5.87. The first kappa shape index (κ1) is 13.3. The third kappa shape index (κ3) is 3.01. The number of pyridine rings is 1. The van der Waals surface area contributed by atoms with Crippen LogP contribution in [0.2, 0.25) is 0 Å². The molecule has 19 heavy (non-hydrogen) atoms. The van der Waals surface area contributed by atoms with Crippen LogP contribution >= 0.6 is 0 Å². The lowest BCUT2D eigenvalue weighted by molar-refractivity contribution is -0.132. The van der Waals surface area contributed by atoms with Gasteiger partial charge in [0.05, 0.1) is 0 Å². The molecule has 6 heteroatoms. The monoisotopic (exact) mass is 264 g/mol. The van der Waals surface area contributed by atoms with Crippen LogP contribution in [0, 0.1) is 0 Å². The molecule has 2 rings (SSSR count). The van der Waals surface area contributed by atoms with Crippen molar-refractivity contribution in [2.45, 2.75) is 25.8 Å². The quantitative estimate of drug-likeness (QED) is 0.865. The van der Waals surface area contributed by atoms with Gasteiger partial charge in [0.15, 0.2) is 0 Å². The first-order valence-corrected chi connectivity index (χ1v) is 6.30. The topological polar surface area (TPSA) is 79.6 Å². The number of aromatic carboxylic acids is 1. The molecule has 1 N–H and O–H groups in total. The molecule has 1 amide bonds. The van der Waals surface area contributed by atoms with Crippen LogP contribution in [0.5, 0.6) is 0 Å². The lowest BCUT2D eigenvalue weighted by Crippen LogP contribution is -2.40. The maximum Gasteiger partial charge on any atom is 0.341 e. The highest BCUT2D eigenvalue weighted by atomic mass is 16.4. The van der Waals surface area contributed by atoms with E-state index in [1.807, 2.05) is 0 Å². The third-order valence-corrected chi connectivity index (χ3v) is 3.26. The number of nitrogens with zero attached hydrogens (tertiary/aromatic N) is 2. The van der Waals surface area contributed by atoms with E-state index in [4.69, 9.17) is 5.11 Å². The third-order valence-electron chi connectivity index (χ3n) is 3.26. The molecule has 0 aromatic carbocycles. The van der Waals surface area contributed by atoms with E-state index in [-0.39, 0.29) is 18.0 Å². The van der Waals surface area contributed by atoms with E-state index < -0.39 is 11.5 Å². The summed E-state index contributed by atoms with van der Waals surface area (Å²) >= 11 is 0. The van der Waals surface area contributed by atoms with Gasteiger partial charge in [0.25, 0.3) is 5.56 Å². The zero-order valence-corrected chi connectivity index (χ0v) is 10.5. The van der Waals surface area contributed by atoms with Gasteiger partial charge in [-0.1, -0.05) is 0 Å². The SMILES string of the molecule is O=C(O)c1cccn(CC(=O)N2CCCCC2)c1=O. The Morgan fingerprint density at radius 2 is 1.89 bits per heavy atom. The Morgan fingerprint density at radius 3 is 2.53 bits per heavy atom. The number of rotatable bonds is 3. The summed E-state index contributed by atoms with van der Waals surface area (Å²) in [5.74, 6) is -1.41. The summed E-state index contributed by atoms with van der Waals surface area (Å²) in [7, 11) is 0. The van der Waals surface area contributed by atoms with E-state index in [9.17, 15) is 14.4 Å². The molecular weight excluding hydrogens is 248 g/mol. The molecule has 1 aliphatic rings. The fourth-order valence-electron chi connectivity index (χ4n) is 2.21. The number of carboxylic acid groups (broad SMARTS) is 1. The van der Waals surface area contributed by atoms with Gasteiger partial charge in [-0.25, -0.2) is 4.79 Å². The van der Waals surface area contributed by atoms with E-state index in [2.05, 4.69) is 0 Å². The van der Waals surface area contributed by atoms with Gasteiger partial charge >= 0.3 is 5.97 Å². The molecule has 6 nitrogen and oxygen atoms in total. The number of aromatic nitrogens is 1. The summed E-state index contributed by atoms with van der Waals surface area (Å²) in [6.45, 7) is 1.33. The first-order valence-electron chi connectivity index (χ1n) is 6.30. The zero-order valence-electron chi connectivity index (χ0n) is 10.5. The van der Waals surface area contributed by atoms with Crippen LogP contribution < -0.4 is 5.56 Å².